The Labute approximate surface area is 151 Å². The van der Waals surface area contributed by atoms with Crippen molar-refractivity contribution in [2.75, 3.05) is 13.2 Å². The number of aryl methyl sites for hydroxylation is 2. The van der Waals surface area contributed by atoms with Gasteiger partial charge >= 0.3 is 0 Å². The molecule has 136 valence electrons. The minimum atomic E-state index is -0.000254. The third-order valence-corrected chi connectivity index (χ3v) is 4.94. The minimum absolute atomic E-state index is 0.000254. The van der Waals surface area contributed by atoms with E-state index in [1.165, 1.54) is 0 Å². The Kier molecular flexibility index (Phi) is 4.57. The molecule has 1 saturated heterocycles. The van der Waals surface area contributed by atoms with Crippen molar-refractivity contribution in [3.63, 3.8) is 0 Å². The first-order chi connectivity index (χ1) is 12.6. The number of benzene rings is 1. The molecule has 1 aliphatic rings. The van der Waals surface area contributed by atoms with Crippen molar-refractivity contribution in [3.05, 3.63) is 58.4 Å². The highest BCUT2D eigenvalue weighted by Crippen LogP contribution is 2.30. The van der Waals surface area contributed by atoms with Gasteiger partial charge in [-0.1, -0.05) is 12.1 Å². The molecule has 0 bridgehead atoms. The van der Waals surface area contributed by atoms with Crippen molar-refractivity contribution >= 4 is 10.9 Å². The third-order valence-electron chi connectivity index (χ3n) is 4.94. The molecule has 1 aromatic carbocycles. The summed E-state index contributed by atoms with van der Waals surface area (Å²) in [6, 6.07) is 7.66. The van der Waals surface area contributed by atoms with Crippen LogP contribution < -0.4 is 10.9 Å². The molecular weight excluding hydrogens is 330 g/mol. The van der Waals surface area contributed by atoms with Gasteiger partial charge in [0.25, 0.3) is 5.56 Å². The zero-order valence-corrected chi connectivity index (χ0v) is 15.1. The summed E-state index contributed by atoms with van der Waals surface area (Å²) >= 11 is 0. The van der Waals surface area contributed by atoms with Gasteiger partial charge in [0.05, 0.1) is 22.9 Å². The molecule has 0 unspecified atom stereocenters. The van der Waals surface area contributed by atoms with Crippen LogP contribution in [-0.4, -0.2) is 38.5 Å². The zero-order valence-electron chi connectivity index (χ0n) is 15.1. The van der Waals surface area contributed by atoms with Crippen molar-refractivity contribution in [1.29, 1.82) is 0 Å². The molecule has 7 heteroatoms. The number of para-hydroxylation sites is 1. The van der Waals surface area contributed by atoms with Crippen LogP contribution in [-0.2, 0) is 18.3 Å². The molecule has 0 spiro atoms. The van der Waals surface area contributed by atoms with E-state index in [0.717, 1.165) is 29.8 Å². The summed E-state index contributed by atoms with van der Waals surface area (Å²) in [7, 11) is 1.92. The Balaban J connectivity index is 1.44. The number of fused-ring (bicyclic) bond motifs is 1. The van der Waals surface area contributed by atoms with E-state index in [2.05, 4.69) is 15.4 Å². The monoisotopic (exact) mass is 353 g/mol. The molecule has 0 aliphatic carbocycles. The summed E-state index contributed by atoms with van der Waals surface area (Å²) in [5, 5.41) is 8.61. The molecule has 1 N–H and O–H groups in total. The second-order valence-electron chi connectivity index (χ2n) is 6.74. The Morgan fingerprint density at radius 3 is 3.00 bits per heavy atom. The second-order valence-corrected chi connectivity index (χ2v) is 6.74. The Morgan fingerprint density at radius 1 is 1.35 bits per heavy atom. The van der Waals surface area contributed by atoms with Gasteiger partial charge in [-0.3, -0.25) is 14.0 Å². The average molecular weight is 353 g/mol. The van der Waals surface area contributed by atoms with E-state index in [9.17, 15) is 4.79 Å². The van der Waals surface area contributed by atoms with E-state index < -0.39 is 0 Å². The fraction of sp³-hybridized carbons (Fsp3) is 0.421. The van der Waals surface area contributed by atoms with E-state index in [1.807, 2.05) is 49.1 Å². The molecule has 3 aromatic rings. The van der Waals surface area contributed by atoms with Crippen LogP contribution in [0.15, 0.2) is 41.6 Å². The van der Waals surface area contributed by atoms with Crippen LogP contribution >= 0.6 is 0 Å². The van der Waals surface area contributed by atoms with E-state index in [0.29, 0.717) is 18.5 Å². The van der Waals surface area contributed by atoms with Crippen LogP contribution in [0, 0.1) is 6.92 Å². The van der Waals surface area contributed by atoms with Crippen molar-refractivity contribution in [2.24, 2.45) is 7.05 Å². The van der Waals surface area contributed by atoms with Gasteiger partial charge in [-0.2, -0.15) is 5.10 Å². The fourth-order valence-corrected chi connectivity index (χ4v) is 3.64. The summed E-state index contributed by atoms with van der Waals surface area (Å²) < 4.78 is 9.42. The fourth-order valence-electron chi connectivity index (χ4n) is 3.64. The van der Waals surface area contributed by atoms with Gasteiger partial charge in [-0.15, -0.1) is 0 Å². The first-order valence-electron chi connectivity index (χ1n) is 8.93. The van der Waals surface area contributed by atoms with Gasteiger partial charge < -0.3 is 10.1 Å². The molecule has 0 amide bonds. The maximum atomic E-state index is 12.5. The van der Waals surface area contributed by atoms with Crippen molar-refractivity contribution < 1.29 is 4.74 Å². The largest absolute Gasteiger partial charge is 0.372 e. The SMILES string of the molecule is Cc1nn(C)cc1[C@H]1OCC[C@@H]1NCCn1cnc2ccccc2c1=O. The smallest absolute Gasteiger partial charge is 0.261 e. The zero-order chi connectivity index (χ0) is 18.1. The lowest BCUT2D eigenvalue weighted by molar-refractivity contribution is 0.0981. The molecule has 26 heavy (non-hydrogen) atoms. The third kappa shape index (κ3) is 3.15. The average Bonchev–Trinajstić information content (AvgIpc) is 3.22. The molecule has 2 atom stereocenters. The number of hydrogen-bond donors (Lipinski definition) is 1. The number of nitrogens with one attached hydrogen (secondary N) is 1. The predicted molar refractivity (Wildman–Crippen MR) is 99.0 cm³/mol. The molecular formula is C19H23N5O2. The molecule has 1 fully saturated rings. The highest BCUT2D eigenvalue weighted by atomic mass is 16.5. The van der Waals surface area contributed by atoms with E-state index >= 15 is 0 Å². The van der Waals surface area contributed by atoms with Gasteiger partial charge in [0.1, 0.15) is 6.10 Å². The first kappa shape index (κ1) is 16.9. The highest BCUT2D eigenvalue weighted by molar-refractivity contribution is 5.76. The van der Waals surface area contributed by atoms with E-state index in [1.54, 1.807) is 10.9 Å². The summed E-state index contributed by atoms with van der Waals surface area (Å²) in [5.74, 6) is 0. The second kappa shape index (κ2) is 7.01. The quantitative estimate of drug-likeness (QED) is 0.753. The Morgan fingerprint density at radius 2 is 2.19 bits per heavy atom. The van der Waals surface area contributed by atoms with Crippen molar-refractivity contribution in [2.45, 2.75) is 32.0 Å². The Bertz CT molecular complexity index is 977. The lowest BCUT2D eigenvalue weighted by Crippen LogP contribution is -2.36. The van der Waals surface area contributed by atoms with Gasteiger partial charge in [-0.25, -0.2) is 4.98 Å². The Hall–Kier alpha value is -2.51. The standard InChI is InChI=1S/C19H23N5O2/c1-13-15(11-23(2)22-13)18-17(7-10-26-18)20-8-9-24-12-21-16-6-4-3-5-14(16)19(24)25/h3-6,11-12,17-18,20H,7-10H2,1-2H3/t17-,18+/m0/s1. The number of rotatable bonds is 5. The molecule has 4 rings (SSSR count). The van der Waals surface area contributed by atoms with Crippen molar-refractivity contribution in [3.8, 4) is 0 Å². The van der Waals surface area contributed by atoms with E-state index in [-0.39, 0.29) is 17.7 Å². The highest BCUT2D eigenvalue weighted by Gasteiger charge is 2.31. The van der Waals surface area contributed by atoms with Gasteiger partial charge in [0.15, 0.2) is 0 Å². The predicted octanol–water partition coefficient (Wildman–Crippen LogP) is 1.56. The number of hydrogen-bond acceptors (Lipinski definition) is 5. The number of ether oxygens (including phenoxy) is 1. The molecule has 7 nitrogen and oxygen atoms in total. The normalized spacial score (nSPS) is 20.1. The van der Waals surface area contributed by atoms with Crippen molar-refractivity contribution in [1.82, 2.24) is 24.6 Å². The molecule has 3 heterocycles. The molecule has 0 radical (unpaired) electrons. The topological polar surface area (TPSA) is 74.0 Å². The van der Waals surface area contributed by atoms with E-state index in [4.69, 9.17) is 4.74 Å². The molecule has 2 aromatic heterocycles. The lowest BCUT2D eigenvalue weighted by atomic mass is 10.0. The van der Waals surface area contributed by atoms with Crippen LogP contribution in [0.3, 0.4) is 0 Å². The van der Waals surface area contributed by atoms with Crippen LogP contribution in [0.2, 0.25) is 0 Å². The van der Waals surface area contributed by atoms with Crippen LogP contribution in [0.25, 0.3) is 10.9 Å². The minimum Gasteiger partial charge on any atom is -0.372 e. The van der Waals surface area contributed by atoms with Crippen LogP contribution in [0.5, 0.6) is 0 Å². The number of nitrogens with zero attached hydrogens (tertiary/aromatic N) is 4. The van der Waals surface area contributed by atoms with Crippen LogP contribution in [0.1, 0.15) is 23.8 Å². The maximum Gasteiger partial charge on any atom is 0.261 e. The summed E-state index contributed by atoms with van der Waals surface area (Å²) in [6.07, 6.45) is 4.61. The maximum absolute atomic E-state index is 12.5. The van der Waals surface area contributed by atoms with Gasteiger partial charge in [0.2, 0.25) is 0 Å². The summed E-state index contributed by atoms with van der Waals surface area (Å²) in [6.45, 7) is 4.00. The lowest BCUT2D eigenvalue weighted by Gasteiger charge is -2.20. The van der Waals surface area contributed by atoms with Gasteiger partial charge in [-0.05, 0) is 25.5 Å². The molecule has 0 saturated carbocycles. The summed E-state index contributed by atoms with van der Waals surface area (Å²) in [5.41, 5.74) is 2.87. The summed E-state index contributed by atoms with van der Waals surface area (Å²) in [4.78, 5) is 16.9. The van der Waals surface area contributed by atoms with Crippen LogP contribution in [0.4, 0.5) is 0 Å². The first-order valence-corrected chi connectivity index (χ1v) is 8.93. The number of aromatic nitrogens is 4. The molecule has 1 aliphatic heterocycles. The van der Waals surface area contributed by atoms with Gasteiger partial charge in [0, 0.05) is 44.5 Å².